The van der Waals surface area contributed by atoms with E-state index in [0.29, 0.717) is 5.54 Å². The van der Waals surface area contributed by atoms with Crippen LogP contribution in [0, 0.1) is 5.92 Å². The number of nitrogens with zero attached hydrogens (tertiary/aromatic N) is 1. The van der Waals surface area contributed by atoms with Gasteiger partial charge in [0.1, 0.15) is 0 Å². The maximum absolute atomic E-state index is 2.83. The van der Waals surface area contributed by atoms with Crippen molar-refractivity contribution in [2.45, 2.75) is 90.1 Å². The Kier molecular flexibility index (Phi) is 4.52. The first-order valence-electron chi connectivity index (χ1n) is 7.86. The topological polar surface area (TPSA) is 3.24 Å². The van der Waals surface area contributed by atoms with Crippen molar-refractivity contribution < 1.29 is 0 Å². The molecule has 1 heterocycles. The molecule has 0 aromatic carbocycles. The molecule has 2 atom stereocenters. The molecule has 1 heteroatoms. The Labute approximate surface area is 108 Å². The summed E-state index contributed by atoms with van der Waals surface area (Å²) >= 11 is 0. The quantitative estimate of drug-likeness (QED) is 0.594. The average Bonchev–Trinajstić information content (AvgIpc) is 2.38. The van der Waals surface area contributed by atoms with Gasteiger partial charge in [-0.1, -0.05) is 32.1 Å². The van der Waals surface area contributed by atoms with Crippen molar-refractivity contribution in [1.82, 2.24) is 4.90 Å². The Balaban J connectivity index is 2.08. The fourth-order valence-corrected chi connectivity index (χ4v) is 3.99. The van der Waals surface area contributed by atoms with Crippen LogP contribution in [0.15, 0.2) is 0 Å². The van der Waals surface area contributed by atoms with Crippen molar-refractivity contribution >= 4 is 0 Å². The fraction of sp³-hybridized carbons (Fsp3) is 1.00. The van der Waals surface area contributed by atoms with Gasteiger partial charge in [0.2, 0.25) is 0 Å². The summed E-state index contributed by atoms with van der Waals surface area (Å²) in [7, 11) is 0. The maximum atomic E-state index is 2.83. The summed E-state index contributed by atoms with van der Waals surface area (Å²) in [5.41, 5.74) is 0.372. The van der Waals surface area contributed by atoms with Gasteiger partial charge in [-0.3, -0.25) is 4.90 Å². The normalized spacial score (nSPS) is 33.4. The number of hydrogen-bond donors (Lipinski definition) is 0. The molecule has 0 aromatic heterocycles. The molecule has 0 amide bonds. The third kappa shape index (κ3) is 3.47. The van der Waals surface area contributed by atoms with Crippen molar-refractivity contribution in [3.63, 3.8) is 0 Å². The van der Waals surface area contributed by atoms with Crippen LogP contribution in [-0.2, 0) is 0 Å². The van der Waals surface area contributed by atoms with E-state index in [-0.39, 0.29) is 0 Å². The first-order valence-corrected chi connectivity index (χ1v) is 7.86. The highest BCUT2D eigenvalue weighted by Gasteiger charge is 2.36. The predicted molar refractivity (Wildman–Crippen MR) is 75.3 cm³/mol. The average molecular weight is 237 g/mol. The van der Waals surface area contributed by atoms with Crippen LogP contribution in [0.5, 0.6) is 0 Å². The lowest BCUT2D eigenvalue weighted by molar-refractivity contribution is 0.00782. The monoisotopic (exact) mass is 237 g/mol. The van der Waals surface area contributed by atoms with Crippen LogP contribution in [0.4, 0.5) is 0 Å². The minimum Gasteiger partial charge on any atom is -0.295 e. The molecule has 0 spiro atoms. The Bertz CT molecular complexity index is 228. The highest BCUT2D eigenvalue weighted by Crippen LogP contribution is 2.36. The second kappa shape index (κ2) is 5.73. The molecule has 1 nitrogen and oxygen atoms in total. The molecule has 17 heavy (non-hydrogen) atoms. The van der Waals surface area contributed by atoms with Crippen LogP contribution in [-0.4, -0.2) is 23.0 Å². The highest BCUT2D eigenvalue weighted by molar-refractivity contribution is 4.91. The molecule has 2 rings (SSSR count). The third-order valence-corrected chi connectivity index (χ3v) is 4.85. The summed E-state index contributed by atoms with van der Waals surface area (Å²) in [5, 5.41) is 0. The molecular weight excluding hydrogens is 206 g/mol. The minimum absolute atomic E-state index is 0.372. The van der Waals surface area contributed by atoms with E-state index in [2.05, 4.69) is 25.7 Å². The van der Waals surface area contributed by atoms with Gasteiger partial charge in [-0.25, -0.2) is 0 Å². The lowest BCUT2D eigenvalue weighted by Crippen LogP contribution is -2.54. The van der Waals surface area contributed by atoms with E-state index in [1.54, 1.807) is 0 Å². The smallest absolute Gasteiger partial charge is 0.0129 e. The molecule has 2 fully saturated rings. The Hall–Kier alpha value is -0.0400. The second-order valence-corrected chi connectivity index (χ2v) is 7.18. The summed E-state index contributed by atoms with van der Waals surface area (Å²) in [5.74, 6) is 1.00. The molecule has 2 aliphatic rings. The van der Waals surface area contributed by atoms with Gasteiger partial charge in [-0.05, 0) is 58.9 Å². The van der Waals surface area contributed by atoms with Gasteiger partial charge < -0.3 is 0 Å². The van der Waals surface area contributed by atoms with Crippen LogP contribution in [0.3, 0.4) is 0 Å². The molecule has 1 saturated carbocycles. The van der Waals surface area contributed by atoms with E-state index in [1.807, 2.05) is 0 Å². The van der Waals surface area contributed by atoms with Gasteiger partial charge in [0.15, 0.2) is 0 Å². The molecule has 1 aliphatic carbocycles. The summed E-state index contributed by atoms with van der Waals surface area (Å²) in [6, 6.07) is 0.891. The van der Waals surface area contributed by atoms with E-state index in [0.717, 1.165) is 12.0 Å². The summed E-state index contributed by atoms with van der Waals surface area (Å²) in [4.78, 5) is 2.83. The van der Waals surface area contributed by atoms with Gasteiger partial charge in [0.25, 0.3) is 0 Å². The van der Waals surface area contributed by atoms with E-state index in [1.165, 1.54) is 64.3 Å². The molecule has 100 valence electrons. The zero-order valence-corrected chi connectivity index (χ0v) is 12.2. The van der Waals surface area contributed by atoms with Gasteiger partial charge in [-0.2, -0.15) is 0 Å². The number of fused-ring (bicyclic) bond motifs is 1. The van der Waals surface area contributed by atoms with E-state index >= 15 is 0 Å². The Morgan fingerprint density at radius 3 is 2.06 bits per heavy atom. The largest absolute Gasteiger partial charge is 0.295 e. The first kappa shape index (κ1) is 13.4. The van der Waals surface area contributed by atoms with Crippen molar-refractivity contribution in [2.75, 3.05) is 6.54 Å². The second-order valence-electron chi connectivity index (χ2n) is 7.18. The van der Waals surface area contributed by atoms with E-state index in [9.17, 15) is 0 Å². The van der Waals surface area contributed by atoms with Crippen LogP contribution in [0.25, 0.3) is 0 Å². The Morgan fingerprint density at radius 1 is 0.765 bits per heavy atom. The summed E-state index contributed by atoms with van der Waals surface area (Å²) in [6.07, 6.45) is 13.3. The van der Waals surface area contributed by atoms with Gasteiger partial charge >= 0.3 is 0 Å². The number of rotatable bonds is 0. The zero-order chi connectivity index (χ0) is 12.3. The number of piperidine rings is 1. The Morgan fingerprint density at radius 2 is 1.35 bits per heavy atom. The molecule has 0 aromatic rings. The molecule has 2 unspecified atom stereocenters. The predicted octanol–water partition coefficient (Wildman–Crippen LogP) is 4.61. The first-order chi connectivity index (χ1) is 8.09. The molecular formula is C16H31N. The van der Waals surface area contributed by atoms with Crippen molar-refractivity contribution in [3.05, 3.63) is 0 Å². The minimum atomic E-state index is 0.372. The highest BCUT2D eigenvalue weighted by atomic mass is 15.2. The summed E-state index contributed by atoms with van der Waals surface area (Å²) < 4.78 is 0. The third-order valence-electron chi connectivity index (χ3n) is 4.85. The van der Waals surface area contributed by atoms with Crippen LogP contribution in [0.2, 0.25) is 0 Å². The summed E-state index contributed by atoms with van der Waals surface area (Å²) in [6.45, 7) is 8.55. The SMILES string of the molecule is CC(C)(C)N1CCCC2CCCCCCCC21. The lowest BCUT2D eigenvalue weighted by atomic mass is 9.81. The molecule has 1 aliphatic heterocycles. The number of hydrogen-bond acceptors (Lipinski definition) is 1. The lowest BCUT2D eigenvalue weighted by Gasteiger charge is -2.48. The molecule has 1 saturated heterocycles. The van der Waals surface area contributed by atoms with Gasteiger partial charge in [0, 0.05) is 11.6 Å². The fourth-order valence-electron chi connectivity index (χ4n) is 3.99. The maximum Gasteiger partial charge on any atom is 0.0129 e. The molecule has 0 N–H and O–H groups in total. The van der Waals surface area contributed by atoms with E-state index in [4.69, 9.17) is 0 Å². The van der Waals surface area contributed by atoms with Crippen LogP contribution >= 0.6 is 0 Å². The van der Waals surface area contributed by atoms with Gasteiger partial charge in [0.05, 0.1) is 0 Å². The van der Waals surface area contributed by atoms with Crippen molar-refractivity contribution in [2.24, 2.45) is 5.92 Å². The molecule has 0 bridgehead atoms. The van der Waals surface area contributed by atoms with Crippen LogP contribution < -0.4 is 0 Å². The van der Waals surface area contributed by atoms with Crippen molar-refractivity contribution in [1.29, 1.82) is 0 Å². The zero-order valence-electron chi connectivity index (χ0n) is 12.2. The van der Waals surface area contributed by atoms with Crippen LogP contribution in [0.1, 0.15) is 78.6 Å². The van der Waals surface area contributed by atoms with Gasteiger partial charge in [-0.15, -0.1) is 0 Å². The van der Waals surface area contributed by atoms with Crippen molar-refractivity contribution in [3.8, 4) is 0 Å². The molecule has 0 radical (unpaired) electrons. The van der Waals surface area contributed by atoms with E-state index < -0.39 is 0 Å². The standard InChI is InChI=1S/C16H31N/c1-16(2,3)17-13-9-11-14-10-7-5-4-6-8-12-15(14)17/h14-15H,4-13H2,1-3H3. The number of likely N-dealkylation sites (tertiary alicyclic amines) is 1.